The monoisotopic (exact) mass is 288 g/mol. The molecule has 0 amide bonds. The average molecular weight is 288 g/mol. The maximum absolute atomic E-state index is 5.69. The predicted molar refractivity (Wildman–Crippen MR) is 89.2 cm³/mol. The first-order valence-electron chi connectivity index (χ1n) is 8.52. The lowest BCUT2D eigenvalue weighted by Crippen LogP contribution is -2.38. The number of nitrogens with one attached hydrogen (secondary N) is 1. The standard InChI is InChI=1S/C18H28N2O/c1-21-18-12-6-4-10-16(18)19-15-9-3-5-11-17(15)20-13-7-2-8-14-20/h3,5,9,11,16,18-19H,2,4,6-8,10,12-14H2,1H3. The minimum atomic E-state index is 0.355. The molecule has 3 heteroatoms. The Bertz CT molecular complexity index is 443. The van der Waals surface area contributed by atoms with Crippen molar-refractivity contribution in [3.05, 3.63) is 24.3 Å². The summed E-state index contributed by atoms with van der Waals surface area (Å²) in [6.45, 7) is 2.38. The minimum absolute atomic E-state index is 0.355. The summed E-state index contributed by atoms with van der Waals surface area (Å²) >= 11 is 0. The van der Waals surface area contributed by atoms with Crippen molar-refractivity contribution in [1.82, 2.24) is 0 Å². The Morgan fingerprint density at radius 1 is 1.00 bits per heavy atom. The Morgan fingerprint density at radius 2 is 1.76 bits per heavy atom. The van der Waals surface area contributed by atoms with Gasteiger partial charge < -0.3 is 15.0 Å². The molecule has 21 heavy (non-hydrogen) atoms. The lowest BCUT2D eigenvalue weighted by Gasteiger charge is -2.35. The van der Waals surface area contributed by atoms with E-state index in [1.807, 2.05) is 7.11 Å². The molecule has 1 heterocycles. The highest BCUT2D eigenvalue weighted by molar-refractivity contribution is 5.70. The largest absolute Gasteiger partial charge is 0.379 e. The molecule has 2 fully saturated rings. The third kappa shape index (κ3) is 3.52. The maximum atomic E-state index is 5.69. The zero-order chi connectivity index (χ0) is 14.5. The highest BCUT2D eigenvalue weighted by atomic mass is 16.5. The third-order valence-corrected chi connectivity index (χ3v) is 4.95. The van der Waals surface area contributed by atoms with Gasteiger partial charge >= 0.3 is 0 Å². The van der Waals surface area contributed by atoms with E-state index >= 15 is 0 Å². The number of hydrogen-bond donors (Lipinski definition) is 1. The Balaban J connectivity index is 1.75. The van der Waals surface area contributed by atoms with Gasteiger partial charge in [0.25, 0.3) is 0 Å². The first-order valence-corrected chi connectivity index (χ1v) is 8.52. The molecule has 2 unspecified atom stereocenters. The van der Waals surface area contributed by atoms with Crippen LogP contribution in [0.3, 0.4) is 0 Å². The molecule has 2 aliphatic rings. The smallest absolute Gasteiger partial charge is 0.0772 e. The lowest BCUT2D eigenvalue weighted by atomic mass is 9.92. The topological polar surface area (TPSA) is 24.5 Å². The second-order valence-electron chi connectivity index (χ2n) is 6.37. The fraction of sp³-hybridized carbons (Fsp3) is 0.667. The molecule has 3 nitrogen and oxygen atoms in total. The molecule has 0 spiro atoms. The van der Waals surface area contributed by atoms with Crippen LogP contribution in [0.2, 0.25) is 0 Å². The molecule has 1 saturated carbocycles. The van der Waals surface area contributed by atoms with Gasteiger partial charge in [-0.1, -0.05) is 25.0 Å². The predicted octanol–water partition coefficient (Wildman–Crippen LogP) is 4.05. The Kier molecular flexibility index (Phi) is 5.02. The number of benzene rings is 1. The molecule has 1 aliphatic heterocycles. The van der Waals surface area contributed by atoms with E-state index < -0.39 is 0 Å². The molecule has 3 rings (SSSR count). The number of ether oxygens (including phenoxy) is 1. The number of nitrogens with zero attached hydrogens (tertiary/aromatic N) is 1. The van der Waals surface area contributed by atoms with Crippen molar-refractivity contribution in [2.24, 2.45) is 0 Å². The molecule has 0 bridgehead atoms. The van der Waals surface area contributed by atoms with Gasteiger partial charge in [-0.25, -0.2) is 0 Å². The molecule has 1 N–H and O–H groups in total. The third-order valence-electron chi connectivity index (χ3n) is 4.95. The van der Waals surface area contributed by atoms with Gasteiger partial charge in [0, 0.05) is 20.2 Å². The molecular weight excluding hydrogens is 260 g/mol. The molecule has 0 radical (unpaired) electrons. The van der Waals surface area contributed by atoms with E-state index in [0.717, 1.165) is 0 Å². The van der Waals surface area contributed by atoms with Crippen LogP contribution in [0.1, 0.15) is 44.9 Å². The summed E-state index contributed by atoms with van der Waals surface area (Å²) in [6, 6.07) is 9.24. The number of hydrogen-bond acceptors (Lipinski definition) is 3. The van der Waals surface area contributed by atoms with E-state index in [9.17, 15) is 0 Å². The second-order valence-corrected chi connectivity index (χ2v) is 6.37. The van der Waals surface area contributed by atoms with Crippen molar-refractivity contribution in [3.63, 3.8) is 0 Å². The normalized spacial score (nSPS) is 26.6. The summed E-state index contributed by atoms with van der Waals surface area (Å²) in [5.41, 5.74) is 2.66. The molecule has 0 aromatic heterocycles. The summed E-state index contributed by atoms with van der Waals surface area (Å²) in [7, 11) is 1.85. The lowest BCUT2D eigenvalue weighted by molar-refractivity contribution is 0.0606. The van der Waals surface area contributed by atoms with Crippen molar-refractivity contribution in [2.45, 2.75) is 57.1 Å². The quantitative estimate of drug-likeness (QED) is 0.904. The van der Waals surface area contributed by atoms with Crippen LogP contribution in [-0.2, 0) is 4.74 Å². The molecule has 1 aliphatic carbocycles. The first kappa shape index (κ1) is 14.7. The van der Waals surface area contributed by atoms with E-state index in [0.29, 0.717) is 12.1 Å². The van der Waals surface area contributed by atoms with Crippen LogP contribution in [0.4, 0.5) is 11.4 Å². The van der Waals surface area contributed by atoms with Crippen molar-refractivity contribution < 1.29 is 4.74 Å². The number of rotatable bonds is 4. The zero-order valence-corrected chi connectivity index (χ0v) is 13.2. The van der Waals surface area contributed by atoms with Gasteiger partial charge in [-0.05, 0) is 44.2 Å². The Hall–Kier alpha value is -1.22. The fourth-order valence-corrected chi connectivity index (χ4v) is 3.75. The SMILES string of the molecule is COC1CCCCC1Nc1ccccc1N1CCCCC1. The summed E-state index contributed by atoms with van der Waals surface area (Å²) < 4.78 is 5.69. The van der Waals surface area contributed by atoms with Gasteiger partial charge in [-0.15, -0.1) is 0 Å². The van der Waals surface area contributed by atoms with Gasteiger partial charge in [0.15, 0.2) is 0 Å². The molecule has 1 saturated heterocycles. The molecular formula is C18H28N2O. The molecule has 1 aromatic carbocycles. The zero-order valence-electron chi connectivity index (χ0n) is 13.2. The number of anilines is 2. The van der Waals surface area contributed by atoms with Gasteiger partial charge in [0.1, 0.15) is 0 Å². The summed E-state index contributed by atoms with van der Waals surface area (Å²) in [5.74, 6) is 0. The molecule has 1 aromatic rings. The molecule has 2 atom stereocenters. The fourth-order valence-electron chi connectivity index (χ4n) is 3.75. The van der Waals surface area contributed by atoms with Crippen LogP contribution in [0.5, 0.6) is 0 Å². The maximum Gasteiger partial charge on any atom is 0.0772 e. The van der Waals surface area contributed by atoms with E-state index in [4.69, 9.17) is 4.74 Å². The van der Waals surface area contributed by atoms with Crippen LogP contribution in [0.15, 0.2) is 24.3 Å². The highest BCUT2D eigenvalue weighted by Crippen LogP contribution is 2.31. The average Bonchev–Trinajstić information content (AvgIpc) is 2.57. The molecule has 116 valence electrons. The van der Waals surface area contributed by atoms with E-state index in [2.05, 4.69) is 34.5 Å². The van der Waals surface area contributed by atoms with Gasteiger partial charge in [-0.2, -0.15) is 0 Å². The van der Waals surface area contributed by atoms with E-state index in [1.54, 1.807) is 0 Å². The summed E-state index contributed by atoms with van der Waals surface area (Å²) in [5, 5.41) is 3.78. The van der Waals surface area contributed by atoms with Crippen LogP contribution < -0.4 is 10.2 Å². The van der Waals surface area contributed by atoms with Crippen molar-refractivity contribution in [1.29, 1.82) is 0 Å². The van der Waals surface area contributed by atoms with Crippen molar-refractivity contribution in [3.8, 4) is 0 Å². The Labute approximate surface area is 128 Å². The first-order chi connectivity index (χ1) is 10.4. The van der Waals surface area contributed by atoms with E-state index in [1.165, 1.54) is 69.4 Å². The minimum Gasteiger partial charge on any atom is -0.379 e. The van der Waals surface area contributed by atoms with Crippen LogP contribution in [0.25, 0.3) is 0 Å². The van der Waals surface area contributed by atoms with E-state index in [-0.39, 0.29) is 0 Å². The van der Waals surface area contributed by atoms with Crippen molar-refractivity contribution >= 4 is 11.4 Å². The van der Waals surface area contributed by atoms with Crippen LogP contribution >= 0.6 is 0 Å². The second kappa shape index (κ2) is 7.17. The van der Waals surface area contributed by atoms with Crippen LogP contribution in [0, 0.1) is 0 Å². The summed E-state index contributed by atoms with van der Waals surface area (Å²) in [4.78, 5) is 2.54. The Morgan fingerprint density at radius 3 is 2.57 bits per heavy atom. The highest BCUT2D eigenvalue weighted by Gasteiger charge is 2.26. The number of methoxy groups -OCH3 is 1. The van der Waals surface area contributed by atoms with Gasteiger partial charge in [-0.3, -0.25) is 0 Å². The summed E-state index contributed by atoms with van der Waals surface area (Å²) in [6.07, 6.45) is 9.37. The number of piperidine rings is 1. The van der Waals surface area contributed by atoms with Crippen LogP contribution in [-0.4, -0.2) is 32.3 Å². The van der Waals surface area contributed by atoms with Gasteiger partial charge in [0.05, 0.1) is 23.5 Å². The van der Waals surface area contributed by atoms with Crippen molar-refractivity contribution in [2.75, 3.05) is 30.4 Å². The number of para-hydroxylation sites is 2. The van der Waals surface area contributed by atoms with Gasteiger partial charge in [0.2, 0.25) is 0 Å².